The number of nitrogens with one attached hydrogen (secondary N) is 2. The van der Waals surface area contributed by atoms with Crippen LogP contribution in [0.1, 0.15) is 18.2 Å². The van der Waals surface area contributed by atoms with Gasteiger partial charge in [0.2, 0.25) is 0 Å². The number of anilines is 1. The molecule has 27 heavy (non-hydrogen) atoms. The van der Waals surface area contributed by atoms with Crippen molar-refractivity contribution in [1.29, 1.82) is 0 Å². The molecule has 0 saturated carbocycles. The molecule has 7 heteroatoms. The van der Waals surface area contributed by atoms with E-state index in [-0.39, 0.29) is 0 Å². The lowest BCUT2D eigenvalue weighted by molar-refractivity contribution is 0.211. The van der Waals surface area contributed by atoms with Gasteiger partial charge in [-0.25, -0.2) is 4.99 Å². The topological polar surface area (TPSA) is 53.8 Å². The maximum atomic E-state index is 6.09. The lowest BCUT2D eigenvalue weighted by atomic mass is 10.2. The number of hydrogen-bond acceptors (Lipinski definition) is 3. The molecule has 2 N–H and O–H groups in total. The summed E-state index contributed by atoms with van der Waals surface area (Å²) in [6.07, 6.45) is 1.91. The molecule has 0 atom stereocenters. The molecule has 0 unspecified atom stereocenters. The van der Waals surface area contributed by atoms with Gasteiger partial charge >= 0.3 is 0 Å². The molecule has 0 aliphatic rings. The SMILES string of the molecule is CCNC(=NCc1ccc(NCCOC)cc1)N(C)Cc1cc(Cl)cn1C. The van der Waals surface area contributed by atoms with E-state index in [9.17, 15) is 0 Å². The first-order valence-electron chi connectivity index (χ1n) is 9.15. The molecular weight excluding hydrogens is 362 g/mol. The van der Waals surface area contributed by atoms with E-state index >= 15 is 0 Å². The molecule has 0 fully saturated rings. The third kappa shape index (κ3) is 6.81. The fourth-order valence-corrected chi connectivity index (χ4v) is 2.97. The van der Waals surface area contributed by atoms with Gasteiger partial charge in [-0.2, -0.15) is 0 Å². The van der Waals surface area contributed by atoms with Crippen molar-refractivity contribution in [2.45, 2.75) is 20.0 Å². The van der Waals surface area contributed by atoms with Crippen molar-refractivity contribution >= 4 is 23.2 Å². The average molecular weight is 392 g/mol. The molecule has 0 aliphatic carbocycles. The first kappa shape index (κ1) is 21.1. The lowest BCUT2D eigenvalue weighted by Crippen LogP contribution is -2.38. The number of nitrogens with zero attached hydrogens (tertiary/aromatic N) is 3. The van der Waals surface area contributed by atoms with Crippen molar-refractivity contribution in [2.24, 2.45) is 12.0 Å². The highest BCUT2D eigenvalue weighted by Gasteiger charge is 2.09. The summed E-state index contributed by atoms with van der Waals surface area (Å²) in [5.41, 5.74) is 3.39. The number of methoxy groups -OCH3 is 1. The minimum atomic E-state index is 0.624. The highest BCUT2D eigenvalue weighted by Crippen LogP contribution is 2.14. The Morgan fingerprint density at radius 3 is 2.63 bits per heavy atom. The lowest BCUT2D eigenvalue weighted by Gasteiger charge is -2.22. The van der Waals surface area contributed by atoms with Crippen LogP contribution in [0.15, 0.2) is 41.5 Å². The van der Waals surface area contributed by atoms with Crippen LogP contribution < -0.4 is 10.6 Å². The van der Waals surface area contributed by atoms with Crippen LogP contribution in [0.2, 0.25) is 5.02 Å². The molecule has 1 heterocycles. The van der Waals surface area contributed by atoms with Gasteiger partial charge in [-0.3, -0.25) is 0 Å². The number of guanidine groups is 1. The van der Waals surface area contributed by atoms with E-state index in [1.165, 1.54) is 0 Å². The fraction of sp³-hybridized carbons (Fsp3) is 0.450. The zero-order valence-corrected chi connectivity index (χ0v) is 17.4. The summed E-state index contributed by atoms with van der Waals surface area (Å²) >= 11 is 6.09. The first-order chi connectivity index (χ1) is 13.0. The molecule has 2 aromatic rings. The van der Waals surface area contributed by atoms with Crippen molar-refractivity contribution in [3.8, 4) is 0 Å². The van der Waals surface area contributed by atoms with Crippen LogP contribution >= 0.6 is 11.6 Å². The van der Waals surface area contributed by atoms with E-state index < -0.39 is 0 Å². The maximum absolute atomic E-state index is 6.09. The summed E-state index contributed by atoms with van der Waals surface area (Å²) in [6, 6.07) is 10.3. The smallest absolute Gasteiger partial charge is 0.194 e. The van der Waals surface area contributed by atoms with E-state index in [4.69, 9.17) is 21.3 Å². The summed E-state index contributed by atoms with van der Waals surface area (Å²) in [5, 5.41) is 7.42. The normalized spacial score (nSPS) is 11.5. The predicted molar refractivity (Wildman–Crippen MR) is 114 cm³/mol. The highest BCUT2D eigenvalue weighted by molar-refractivity contribution is 6.30. The quantitative estimate of drug-likeness (QED) is 0.391. The van der Waals surface area contributed by atoms with Gasteiger partial charge in [-0.15, -0.1) is 0 Å². The number of benzene rings is 1. The van der Waals surface area contributed by atoms with Gasteiger partial charge in [0, 0.05) is 51.9 Å². The zero-order chi connectivity index (χ0) is 19.6. The second-order valence-electron chi connectivity index (χ2n) is 6.40. The van der Waals surface area contributed by atoms with Crippen LogP contribution in [0.5, 0.6) is 0 Å². The number of ether oxygens (including phenoxy) is 1. The number of aliphatic imine (C=N–C) groups is 1. The number of halogens is 1. The summed E-state index contributed by atoms with van der Waals surface area (Å²) in [7, 11) is 5.74. The molecule has 0 amide bonds. The second kappa shape index (κ2) is 10.8. The first-order valence-corrected chi connectivity index (χ1v) is 9.53. The molecule has 0 radical (unpaired) electrons. The number of aromatic nitrogens is 1. The third-order valence-corrected chi connectivity index (χ3v) is 4.38. The maximum Gasteiger partial charge on any atom is 0.194 e. The van der Waals surface area contributed by atoms with Crippen LogP contribution in [0, 0.1) is 0 Å². The molecule has 1 aromatic carbocycles. The monoisotopic (exact) mass is 391 g/mol. The molecule has 6 nitrogen and oxygen atoms in total. The van der Waals surface area contributed by atoms with Crippen molar-refractivity contribution in [3.05, 3.63) is 52.8 Å². The summed E-state index contributed by atoms with van der Waals surface area (Å²) in [6.45, 7) is 5.74. The summed E-state index contributed by atoms with van der Waals surface area (Å²) in [4.78, 5) is 6.88. The second-order valence-corrected chi connectivity index (χ2v) is 6.84. The minimum absolute atomic E-state index is 0.624. The molecule has 148 valence electrons. The Hall–Kier alpha value is -2.18. The van der Waals surface area contributed by atoms with Crippen molar-refractivity contribution in [2.75, 3.05) is 39.2 Å². The van der Waals surface area contributed by atoms with Crippen molar-refractivity contribution in [3.63, 3.8) is 0 Å². The van der Waals surface area contributed by atoms with Crippen molar-refractivity contribution < 1.29 is 4.74 Å². The Labute approximate surface area is 167 Å². The van der Waals surface area contributed by atoms with E-state index in [0.29, 0.717) is 13.2 Å². The fourth-order valence-electron chi connectivity index (χ4n) is 2.70. The van der Waals surface area contributed by atoms with Crippen LogP contribution in [-0.4, -0.2) is 49.3 Å². The Morgan fingerprint density at radius 1 is 1.30 bits per heavy atom. The van der Waals surface area contributed by atoms with Gasteiger partial charge in [0.1, 0.15) is 0 Å². The summed E-state index contributed by atoms with van der Waals surface area (Å²) < 4.78 is 7.09. The molecular formula is C20H30ClN5O. The number of aryl methyl sites for hydroxylation is 1. The predicted octanol–water partition coefficient (Wildman–Crippen LogP) is 3.33. The molecule has 2 rings (SSSR count). The van der Waals surface area contributed by atoms with Gasteiger partial charge in [0.25, 0.3) is 0 Å². The van der Waals surface area contributed by atoms with E-state index in [1.54, 1.807) is 7.11 Å². The van der Waals surface area contributed by atoms with Gasteiger partial charge in [-0.05, 0) is 30.7 Å². The zero-order valence-electron chi connectivity index (χ0n) is 16.6. The average Bonchev–Trinajstić information content (AvgIpc) is 2.97. The largest absolute Gasteiger partial charge is 0.383 e. The van der Waals surface area contributed by atoms with E-state index in [0.717, 1.165) is 47.6 Å². The molecule has 0 aliphatic heterocycles. The molecule has 0 spiro atoms. The Kier molecular flexibility index (Phi) is 8.48. The van der Waals surface area contributed by atoms with Gasteiger partial charge in [0.15, 0.2) is 5.96 Å². The summed E-state index contributed by atoms with van der Waals surface area (Å²) in [5.74, 6) is 0.872. The van der Waals surface area contributed by atoms with Gasteiger partial charge < -0.3 is 24.8 Å². The van der Waals surface area contributed by atoms with Crippen LogP contribution in [0.3, 0.4) is 0 Å². The van der Waals surface area contributed by atoms with Gasteiger partial charge in [0.05, 0.1) is 24.7 Å². The minimum Gasteiger partial charge on any atom is -0.383 e. The van der Waals surface area contributed by atoms with Crippen molar-refractivity contribution in [1.82, 2.24) is 14.8 Å². The van der Waals surface area contributed by atoms with E-state index in [1.807, 2.05) is 30.9 Å². The number of rotatable bonds is 9. The Balaban J connectivity index is 1.98. The highest BCUT2D eigenvalue weighted by atomic mass is 35.5. The third-order valence-electron chi connectivity index (χ3n) is 4.17. The van der Waals surface area contributed by atoms with Gasteiger partial charge in [-0.1, -0.05) is 23.7 Å². The van der Waals surface area contributed by atoms with E-state index in [2.05, 4.69) is 46.7 Å². The standard InChI is InChI=1S/C20H30ClN5O/c1-5-22-20(26(3)15-19-12-17(21)14-25(19)2)24-13-16-6-8-18(9-7-16)23-10-11-27-4/h6-9,12,14,23H,5,10-11,13,15H2,1-4H3,(H,22,24). The Bertz CT molecular complexity index is 726. The molecule has 1 aromatic heterocycles. The van der Waals surface area contributed by atoms with Crippen LogP contribution in [0.25, 0.3) is 0 Å². The van der Waals surface area contributed by atoms with Crippen LogP contribution in [0.4, 0.5) is 5.69 Å². The molecule has 0 saturated heterocycles. The number of hydrogen-bond donors (Lipinski definition) is 2. The van der Waals surface area contributed by atoms with Crippen LogP contribution in [-0.2, 0) is 24.9 Å². The Morgan fingerprint density at radius 2 is 2.04 bits per heavy atom. The molecule has 0 bridgehead atoms.